The third-order valence-electron chi connectivity index (χ3n) is 4.07. The van der Waals surface area contributed by atoms with Crippen LogP contribution in [0.5, 0.6) is 0 Å². The van der Waals surface area contributed by atoms with Crippen LogP contribution in [0.4, 0.5) is 0 Å². The first-order valence-electron chi connectivity index (χ1n) is 6.99. The van der Waals surface area contributed by atoms with Gasteiger partial charge in [0.05, 0.1) is 5.69 Å². The van der Waals surface area contributed by atoms with Crippen LogP contribution in [0.1, 0.15) is 12.1 Å². The van der Waals surface area contributed by atoms with Crippen molar-refractivity contribution in [2.75, 3.05) is 39.3 Å². The van der Waals surface area contributed by atoms with Gasteiger partial charge in [0.1, 0.15) is 0 Å². The van der Waals surface area contributed by atoms with Gasteiger partial charge in [-0.15, -0.1) is 0 Å². The minimum atomic E-state index is 0.780. The second-order valence-corrected chi connectivity index (χ2v) is 5.28. The van der Waals surface area contributed by atoms with Gasteiger partial charge >= 0.3 is 0 Å². The normalized spacial score (nSPS) is 26.6. The first-order valence-corrected chi connectivity index (χ1v) is 6.99. The predicted molar refractivity (Wildman–Crippen MR) is 72.4 cm³/mol. The summed E-state index contributed by atoms with van der Waals surface area (Å²) >= 11 is 0. The molecule has 0 aliphatic carbocycles. The first kappa shape index (κ1) is 12.1. The highest BCUT2D eigenvalue weighted by Gasteiger charge is 2.25. The average Bonchev–Trinajstić information content (AvgIpc) is 2.95. The van der Waals surface area contributed by atoms with Gasteiger partial charge in [0.15, 0.2) is 0 Å². The molecule has 18 heavy (non-hydrogen) atoms. The Morgan fingerprint density at radius 3 is 2.78 bits per heavy atom. The summed E-state index contributed by atoms with van der Waals surface area (Å²) < 4.78 is 0. The summed E-state index contributed by atoms with van der Waals surface area (Å²) in [4.78, 5) is 9.57. The Kier molecular flexibility index (Phi) is 3.88. The summed E-state index contributed by atoms with van der Waals surface area (Å²) in [6.07, 6.45) is 3.20. The molecule has 0 aromatic carbocycles. The third-order valence-corrected chi connectivity index (χ3v) is 4.07. The third kappa shape index (κ3) is 2.88. The van der Waals surface area contributed by atoms with Crippen molar-refractivity contribution in [1.82, 2.24) is 20.1 Å². The number of hydrogen-bond acceptors (Lipinski definition) is 4. The van der Waals surface area contributed by atoms with Crippen molar-refractivity contribution in [2.24, 2.45) is 0 Å². The summed E-state index contributed by atoms with van der Waals surface area (Å²) in [5.74, 6) is 0. The van der Waals surface area contributed by atoms with E-state index in [2.05, 4.69) is 32.2 Å². The number of nitrogens with zero attached hydrogens (tertiary/aromatic N) is 3. The average molecular weight is 246 g/mol. The molecule has 0 spiro atoms. The quantitative estimate of drug-likeness (QED) is 0.844. The van der Waals surface area contributed by atoms with E-state index in [4.69, 9.17) is 0 Å². The lowest BCUT2D eigenvalue weighted by Crippen LogP contribution is -2.50. The second kappa shape index (κ2) is 5.78. The maximum absolute atomic E-state index is 4.40. The number of rotatable bonds is 3. The molecule has 0 amide bonds. The molecule has 3 heterocycles. The fourth-order valence-corrected chi connectivity index (χ4v) is 2.96. The Bertz CT molecular complexity index is 353. The summed E-state index contributed by atoms with van der Waals surface area (Å²) in [6.45, 7) is 8.13. The van der Waals surface area contributed by atoms with Crippen LogP contribution in [-0.2, 0) is 6.54 Å². The molecule has 3 rings (SSSR count). The molecule has 4 nitrogen and oxygen atoms in total. The lowest BCUT2D eigenvalue weighted by atomic mass is 10.2. The second-order valence-electron chi connectivity index (χ2n) is 5.28. The van der Waals surface area contributed by atoms with Crippen LogP contribution in [0.2, 0.25) is 0 Å². The smallest absolute Gasteiger partial charge is 0.0543 e. The maximum atomic E-state index is 4.40. The Balaban J connectivity index is 1.48. The van der Waals surface area contributed by atoms with Crippen LogP contribution in [0, 0.1) is 0 Å². The lowest BCUT2D eigenvalue weighted by molar-refractivity contribution is 0.0973. The highest BCUT2D eigenvalue weighted by molar-refractivity contribution is 5.03. The van der Waals surface area contributed by atoms with Gasteiger partial charge in [-0.3, -0.25) is 14.8 Å². The van der Waals surface area contributed by atoms with Crippen LogP contribution in [-0.4, -0.2) is 60.1 Å². The van der Waals surface area contributed by atoms with E-state index in [1.165, 1.54) is 51.4 Å². The lowest BCUT2D eigenvalue weighted by Gasteiger charge is -2.37. The standard InChI is InChI=1S/C14H22N4/c1-2-5-16-13(3-1)12-17-7-9-18(10-8-17)14-4-6-15-11-14/h1-3,5,14-15H,4,6-12H2. The van der Waals surface area contributed by atoms with Gasteiger partial charge in [-0.2, -0.15) is 0 Å². The molecule has 1 unspecified atom stereocenters. The molecule has 1 N–H and O–H groups in total. The molecular formula is C14H22N4. The van der Waals surface area contributed by atoms with Crippen molar-refractivity contribution >= 4 is 0 Å². The van der Waals surface area contributed by atoms with Gasteiger partial charge in [0, 0.05) is 51.5 Å². The van der Waals surface area contributed by atoms with Crippen LogP contribution in [0.25, 0.3) is 0 Å². The monoisotopic (exact) mass is 246 g/mol. The molecule has 2 aliphatic rings. The Morgan fingerprint density at radius 1 is 1.22 bits per heavy atom. The molecule has 98 valence electrons. The Morgan fingerprint density at radius 2 is 2.11 bits per heavy atom. The van der Waals surface area contributed by atoms with Crippen LogP contribution < -0.4 is 5.32 Å². The number of aromatic nitrogens is 1. The van der Waals surface area contributed by atoms with Crippen molar-refractivity contribution in [3.05, 3.63) is 30.1 Å². The highest BCUT2D eigenvalue weighted by Crippen LogP contribution is 2.13. The van der Waals surface area contributed by atoms with Crippen LogP contribution in [0.3, 0.4) is 0 Å². The zero-order chi connectivity index (χ0) is 12.2. The van der Waals surface area contributed by atoms with E-state index in [1.54, 1.807) is 0 Å². The highest BCUT2D eigenvalue weighted by atomic mass is 15.3. The van der Waals surface area contributed by atoms with E-state index >= 15 is 0 Å². The molecule has 2 fully saturated rings. The molecule has 2 aliphatic heterocycles. The van der Waals surface area contributed by atoms with Crippen molar-refractivity contribution in [3.63, 3.8) is 0 Å². The van der Waals surface area contributed by atoms with Gasteiger partial charge in [-0.05, 0) is 25.1 Å². The van der Waals surface area contributed by atoms with Crippen LogP contribution in [0.15, 0.2) is 24.4 Å². The van der Waals surface area contributed by atoms with Crippen LogP contribution >= 0.6 is 0 Å². The zero-order valence-electron chi connectivity index (χ0n) is 10.9. The molecule has 0 radical (unpaired) electrons. The van der Waals surface area contributed by atoms with Crippen molar-refractivity contribution < 1.29 is 0 Å². The number of hydrogen-bond donors (Lipinski definition) is 1. The summed E-state index contributed by atoms with van der Waals surface area (Å²) in [6, 6.07) is 6.95. The van der Waals surface area contributed by atoms with E-state index in [-0.39, 0.29) is 0 Å². The SMILES string of the molecule is c1ccc(CN2CCN(C3CCNC3)CC2)nc1. The zero-order valence-corrected chi connectivity index (χ0v) is 10.9. The number of nitrogens with one attached hydrogen (secondary N) is 1. The van der Waals surface area contributed by atoms with Gasteiger partial charge in [0.2, 0.25) is 0 Å². The topological polar surface area (TPSA) is 31.4 Å². The van der Waals surface area contributed by atoms with E-state index in [1.807, 2.05) is 12.3 Å². The molecule has 0 bridgehead atoms. The molecular weight excluding hydrogens is 224 g/mol. The van der Waals surface area contributed by atoms with Gasteiger partial charge in [0.25, 0.3) is 0 Å². The van der Waals surface area contributed by atoms with E-state index in [0.29, 0.717) is 0 Å². The fraction of sp³-hybridized carbons (Fsp3) is 0.643. The number of pyridine rings is 1. The predicted octanol–water partition coefficient (Wildman–Crippen LogP) is 0.561. The fourth-order valence-electron chi connectivity index (χ4n) is 2.96. The van der Waals surface area contributed by atoms with Crippen molar-refractivity contribution in [3.8, 4) is 0 Å². The van der Waals surface area contributed by atoms with E-state index < -0.39 is 0 Å². The van der Waals surface area contributed by atoms with Gasteiger partial charge < -0.3 is 5.32 Å². The Labute approximate surface area is 109 Å². The summed E-state index contributed by atoms with van der Waals surface area (Å²) in [5, 5.41) is 3.46. The molecule has 0 saturated carbocycles. The van der Waals surface area contributed by atoms with Gasteiger partial charge in [-0.1, -0.05) is 6.07 Å². The van der Waals surface area contributed by atoms with E-state index in [9.17, 15) is 0 Å². The van der Waals surface area contributed by atoms with E-state index in [0.717, 1.165) is 12.6 Å². The minimum Gasteiger partial charge on any atom is -0.315 e. The number of piperazine rings is 1. The largest absolute Gasteiger partial charge is 0.315 e. The molecule has 2 saturated heterocycles. The van der Waals surface area contributed by atoms with Gasteiger partial charge in [-0.25, -0.2) is 0 Å². The maximum Gasteiger partial charge on any atom is 0.0543 e. The minimum absolute atomic E-state index is 0.780. The first-order chi connectivity index (χ1) is 8.92. The summed E-state index contributed by atoms with van der Waals surface area (Å²) in [7, 11) is 0. The Hall–Kier alpha value is -0.970. The molecule has 1 atom stereocenters. The van der Waals surface area contributed by atoms with Crippen molar-refractivity contribution in [1.29, 1.82) is 0 Å². The molecule has 1 aromatic rings. The van der Waals surface area contributed by atoms with Crippen molar-refractivity contribution in [2.45, 2.75) is 19.0 Å². The summed E-state index contributed by atoms with van der Waals surface area (Å²) in [5.41, 5.74) is 1.19. The molecule has 1 aromatic heterocycles. The molecule has 4 heteroatoms.